The Hall–Kier alpha value is -2.40. The largest absolute Gasteiger partial charge is 0.460 e. The molecule has 150 valence electrons. The van der Waals surface area contributed by atoms with Crippen LogP contribution in [0.25, 0.3) is 0 Å². The van der Waals surface area contributed by atoms with Crippen molar-refractivity contribution in [2.45, 2.75) is 45.6 Å². The number of rotatable bonds is 7. The standard InChI is InChI=1S/C23H30N2O3/c1-16(2)18-10-8-17(9-11-18)15-25-20-6-5-7-22(26)19(20)14-21(25)23(27)28-13-12-24(3)4/h8-11,14,16H,5-7,12-13,15H2,1-4H3. The Morgan fingerprint density at radius 3 is 2.54 bits per heavy atom. The highest BCUT2D eigenvalue weighted by Gasteiger charge is 2.27. The number of esters is 1. The van der Waals surface area contributed by atoms with Crippen molar-refractivity contribution in [3.05, 3.63) is 58.4 Å². The number of hydrogen-bond donors (Lipinski definition) is 0. The first-order valence-corrected chi connectivity index (χ1v) is 10.0. The number of likely N-dealkylation sites (N-methyl/N-ethyl adjacent to an activating group) is 1. The highest BCUT2D eigenvalue weighted by atomic mass is 16.5. The summed E-state index contributed by atoms with van der Waals surface area (Å²) in [5.74, 6) is 0.244. The second kappa shape index (κ2) is 8.74. The van der Waals surface area contributed by atoms with Crippen LogP contribution in [-0.2, 0) is 17.7 Å². The smallest absolute Gasteiger partial charge is 0.355 e. The van der Waals surface area contributed by atoms with Crippen LogP contribution < -0.4 is 0 Å². The van der Waals surface area contributed by atoms with Crippen molar-refractivity contribution in [2.75, 3.05) is 27.2 Å². The fourth-order valence-electron chi connectivity index (χ4n) is 3.59. The molecule has 1 aromatic heterocycles. The Kier molecular flexibility index (Phi) is 6.35. The van der Waals surface area contributed by atoms with Crippen molar-refractivity contribution in [3.63, 3.8) is 0 Å². The molecular weight excluding hydrogens is 352 g/mol. The van der Waals surface area contributed by atoms with E-state index >= 15 is 0 Å². The van der Waals surface area contributed by atoms with Crippen molar-refractivity contribution in [1.82, 2.24) is 9.47 Å². The summed E-state index contributed by atoms with van der Waals surface area (Å²) in [6.45, 7) is 5.91. The lowest BCUT2D eigenvalue weighted by Crippen LogP contribution is -2.22. The Morgan fingerprint density at radius 1 is 1.18 bits per heavy atom. The molecule has 5 heteroatoms. The molecule has 0 spiro atoms. The lowest BCUT2D eigenvalue weighted by molar-refractivity contribution is 0.0469. The molecule has 0 atom stereocenters. The Labute approximate surface area is 167 Å². The molecule has 0 amide bonds. The van der Waals surface area contributed by atoms with Gasteiger partial charge in [0.1, 0.15) is 12.3 Å². The molecule has 1 heterocycles. The van der Waals surface area contributed by atoms with Gasteiger partial charge in [0.05, 0.1) is 0 Å². The zero-order valence-corrected chi connectivity index (χ0v) is 17.3. The zero-order valence-electron chi connectivity index (χ0n) is 17.3. The molecule has 0 saturated carbocycles. The van der Waals surface area contributed by atoms with Crippen molar-refractivity contribution < 1.29 is 14.3 Å². The van der Waals surface area contributed by atoms with Gasteiger partial charge in [0.25, 0.3) is 0 Å². The van der Waals surface area contributed by atoms with Crippen LogP contribution in [-0.4, -0.2) is 48.5 Å². The van der Waals surface area contributed by atoms with E-state index in [0.29, 0.717) is 43.3 Å². The number of ether oxygens (including phenoxy) is 1. The molecule has 1 aromatic carbocycles. The van der Waals surface area contributed by atoms with Crippen LogP contribution >= 0.6 is 0 Å². The molecule has 0 saturated heterocycles. The van der Waals surface area contributed by atoms with E-state index in [1.165, 1.54) is 5.56 Å². The molecule has 0 unspecified atom stereocenters. The normalized spacial score (nSPS) is 13.9. The van der Waals surface area contributed by atoms with Crippen molar-refractivity contribution in [3.8, 4) is 0 Å². The Morgan fingerprint density at radius 2 is 1.89 bits per heavy atom. The third-order valence-corrected chi connectivity index (χ3v) is 5.29. The third-order valence-electron chi connectivity index (χ3n) is 5.29. The molecule has 3 rings (SSSR count). The average molecular weight is 383 g/mol. The molecule has 0 bridgehead atoms. The third kappa shape index (κ3) is 4.53. The second-order valence-corrected chi connectivity index (χ2v) is 8.09. The number of ketones is 1. The van der Waals surface area contributed by atoms with Gasteiger partial charge in [-0.15, -0.1) is 0 Å². The fraction of sp³-hybridized carbons (Fsp3) is 0.478. The van der Waals surface area contributed by atoms with E-state index in [9.17, 15) is 9.59 Å². The maximum atomic E-state index is 12.7. The summed E-state index contributed by atoms with van der Waals surface area (Å²) in [5, 5.41) is 0. The molecule has 0 radical (unpaired) electrons. The number of nitrogens with zero attached hydrogens (tertiary/aromatic N) is 2. The molecular formula is C23H30N2O3. The second-order valence-electron chi connectivity index (χ2n) is 8.09. The first kappa shape index (κ1) is 20.3. The molecule has 0 aliphatic heterocycles. The average Bonchev–Trinajstić information content (AvgIpc) is 3.02. The summed E-state index contributed by atoms with van der Waals surface area (Å²) in [6.07, 6.45) is 2.20. The minimum atomic E-state index is -0.358. The number of aromatic nitrogens is 1. The van der Waals surface area contributed by atoms with Gasteiger partial charge in [-0.2, -0.15) is 0 Å². The van der Waals surface area contributed by atoms with Crippen molar-refractivity contribution >= 4 is 11.8 Å². The number of fused-ring (bicyclic) bond motifs is 1. The summed E-state index contributed by atoms with van der Waals surface area (Å²) >= 11 is 0. The summed E-state index contributed by atoms with van der Waals surface area (Å²) < 4.78 is 7.45. The van der Waals surface area contributed by atoms with Gasteiger partial charge in [0, 0.05) is 30.8 Å². The molecule has 2 aromatic rings. The predicted octanol–water partition coefficient (Wildman–Crippen LogP) is 3.90. The van der Waals surface area contributed by atoms with Gasteiger partial charge in [-0.1, -0.05) is 38.1 Å². The quantitative estimate of drug-likeness (QED) is 0.682. The van der Waals surface area contributed by atoms with E-state index in [2.05, 4.69) is 38.1 Å². The number of carbonyl (C=O) groups excluding carboxylic acids is 2. The van der Waals surface area contributed by atoms with Crippen molar-refractivity contribution in [2.24, 2.45) is 0 Å². The van der Waals surface area contributed by atoms with Crippen LogP contribution in [0.15, 0.2) is 30.3 Å². The molecule has 0 fully saturated rings. The van der Waals surface area contributed by atoms with Crippen LogP contribution in [0.5, 0.6) is 0 Å². The van der Waals surface area contributed by atoms with Crippen LogP contribution in [0.4, 0.5) is 0 Å². The van der Waals surface area contributed by atoms with Gasteiger partial charge in [-0.05, 0) is 50.0 Å². The monoisotopic (exact) mass is 382 g/mol. The Balaban J connectivity index is 1.89. The van der Waals surface area contributed by atoms with Gasteiger partial charge in [-0.25, -0.2) is 4.79 Å². The highest BCUT2D eigenvalue weighted by Crippen LogP contribution is 2.27. The summed E-state index contributed by atoms with van der Waals surface area (Å²) in [7, 11) is 3.88. The number of carbonyl (C=O) groups is 2. The van der Waals surface area contributed by atoms with Crippen LogP contribution in [0.1, 0.15) is 70.3 Å². The molecule has 5 nitrogen and oxygen atoms in total. The topological polar surface area (TPSA) is 51.5 Å². The summed E-state index contributed by atoms with van der Waals surface area (Å²) in [5.41, 5.74) is 4.53. The SMILES string of the molecule is CC(C)c1ccc(Cn2c(C(=O)OCCN(C)C)cc3c2CCCC3=O)cc1. The van der Waals surface area contributed by atoms with E-state index in [1.54, 1.807) is 6.07 Å². The minimum absolute atomic E-state index is 0.123. The number of Topliss-reactive ketones (excluding diaryl/α,β-unsaturated/α-hetero) is 1. The van der Waals surface area contributed by atoms with Gasteiger partial charge in [0.2, 0.25) is 0 Å². The number of benzene rings is 1. The lowest BCUT2D eigenvalue weighted by atomic mass is 9.96. The molecule has 1 aliphatic rings. The van der Waals surface area contributed by atoms with Gasteiger partial charge >= 0.3 is 5.97 Å². The molecule has 28 heavy (non-hydrogen) atoms. The van der Waals surface area contributed by atoms with E-state index < -0.39 is 0 Å². The van der Waals surface area contributed by atoms with Crippen LogP contribution in [0.2, 0.25) is 0 Å². The first-order valence-electron chi connectivity index (χ1n) is 10.0. The summed E-state index contributed by atoms with van der Waals surface area (Å²) in [4.78, 5) is 27.1. The zero-order chi connectivity index (χ0) is 20.3. The molecule has 1 aliphatic carbocycles. The van der Waals surface area contributed by atoms with Gasteiger partial charge < -0.3 is 14.2 Å². The highest BCUT2D eigenvalue weighted by molar-refractivity contribution is 6.01. The van der Waals surface area contributed by atoms with E-state index in [4.69, 9.17) is 4.74 Å². The minimum Gasteiger partial charge on any atom is -0.460 e. The fourth-order valence-corrected chi connectivity index (χ4v) is 3.59. The molecule has 0 N–H and O–H groups in total. The van der Waals surface area contributed by atoms with E-state index in [-0.39, 0.29) is 11.8 Å². The van der Waals surface area contributed by atoms with Gasteiger partial charge in [-0.3, -0.25) is 4.79 Å². The maximum absolute atomic E-state index is 12.7. The van der Waals surface area contributed by atoms with E-state index in [1.807, 2.05) is 23.6 Å². The lowest BCUT2D eigenvalue weighted by Gasteiger charge is -2.17. The Bertz CT molecular complexity index is 847. The predicted molar refractivity (Wildman–Crippen MR) is 110 cm³/mol. The first-order chi connectivity index (χ1) is 13.4. The van der Waals surface area contributed by atoms with E-state index in [0.717, 1.165) is 24.1 Å². The number of hydrogen-bond acceptors (Lipinski definition) is 4. The van der Waals surface area contributed by atoms with Gasteiger partial charge in [0.15, 0.2) is 5.78 Å². The van der Waals surface area contributed by atoms with Crippen molar-refractivity contribution in [1.29, 1.82) is 0 Å². The van der Waals surface area contributed by atoms with Crippen LogP contribution in [0.3, 0.4) is 0 Å². The van der Waals surface area contributed by atoms with Crippen LogP contribution in [0, 0.1) is 0 Å². The maximum Gasteiger partial charge on any atom is 0.355 e. The summed E-state index contributed by atoms with van der Waals surface area (Å²) in [6, 6.07) is 10.2.